The Balaban J connectivity index is 2.82. The van der Waals surface area contributed by atoms with Gasteiger partial charge in [-0.1, -0.05) is 19.3 Å². The van der Waals surface area contributed by atoms with Gasteiger partial charge in [-0.2, -0.15) is 10.5 Å². The van der Waals surface area contributed by atoms with Gasteiger partial charge in [-0.3, -0.25) is 0 Å². The average molecular weight is 186 g/mol. The Morgan fingerprint density at radius 3 is 2.14 bits per heavy atom. The van der Waals surface area contributed by atoms with E-state index in [4.69, 9.17) is 16.9 Å². The second kappa shape index (κ2) is 4.69. The lowest BCUT2D eigenvalue weighted by Crippen LogP contribution is -2.29. The fourth-order valence-electron chi connectivity index (χ4n) is 2.19. The predicted molar refractivity (Wildman–Crippen MR) is 53.7 cm³/mol. The molecule has 0 aromatic carbocycles. The van der Waals surface area contributed by atoms with Crippen molar-refractivity contribution >= 4 is 0 Å². The van der Waals surface area contributed by atoms with Crippen LogP contribution in [0.25, 0.3) is 0 Å². The molecule has 1 rings (SSSR count). The van der Waals surface area contributed by atoms with Crippen LogP contribution in [0.1, 0.15) is 38.5 Å². The minimum absolute atomic E-state index is 0.183. The molecule has 0 atom stereocenters. The number of terminal acetylenes is 1. The molecule has 0 aliphatic heterocycles. The first-order valence-corrected chi connectivity index (χ1v) is 5.05. The highest BCUT2D eigenvalue weighted by Gasteiger charge is 2.39. The molecule has 0 unspecified atom stereocenters. The predicted octanol–water partition coefficient (Wildman–Crippen LogP) is 2.62. The smallest absolute Gasteiger partial charge is 0.157 e. The Morgan fingerprint density at radius 1 is 1.14 bits per heavy atom. The standard InChI is InChI=1S/C12H14N2/c1-2-8-12(9-13,10-14)11-6-4-3-5-7-11/h1,11H,3-8H2. The van der Waals surface area contributed by atoms with Crippen LogP contribution < -0.4 is 0 Å². The van der Waals surface area contributed by atoms with Gasteiger partial charge in [0.15, 0.2) is 5.41 Å². The van der Waals surface area contributed by atoms with Crippen molar-refractivity contribution in [3.63, 3.8) is 0 Å². The molecule has 1 aliphatic rings. The van der Waals surface area contributed by atoms with Crippen LogP contribution in [-0.4, -0.2) is 0 Å². The van der Waals surface area contributed by atoms with Gasteiger partial charge in [-0.05, 0) is 18.8 Å². The zero-order chi connectivity index (χ0) is 10.4. The van der Waals surface area contributed by atoms with Crippen molar-refractivity contribution < 1.29 is 0 Å². The third-order valence-electron chi connectivity index (χ3n) is 3.08. The van der Waals surface area contributed by atoms with E-state index in [-0.39, 0.29) is 12.3 Å². The van der Waals surface area contributed by atoms with Crippen LogP contribution in [0.2, 0.25) is 0 Å². The lowest BCUT2D eigenvalue weighted by Gasteiger charge is -2.30. The van der Waals surface area contributed by atoms with Gasteiger partial charge in [0.2, 0.25) is 0 Å². The lowest BCUT2D eigenvalue weighted by atomic mass is 9.69. The van der Waals surface area contributed by atoms with Gasteiger partial charge in [0.1, 0.15) is 0 Å². The van der Waals surface area contributed by atoms with Crippen molar-refractivity contribution in [1.82, 2.24) is 0 Å². The largest absolute Gasteiger partial charge is 0.197 e. The van der Waals surface area contributed by atoms with Crippen molar-refractivity contribution in [2.75, 3.05) is 0 Å². The molecule has 0 aromatic rings. The van der Waals surface area contributed by atoms with E-state index in [9.17, 15) is 0 Å². The Bertz CT molecular complexity index is 291. The Hall–Kier alpha value is -1.46. The fraction of sp³-hybridized carbons (Fsp3) is 0.667. The molecule has 0 amide bonds. The molecule has 72 valence electrons. The van der Waals surface area contributed by atoms with Crippen LogP contribution in [0.3, 0.4) is 0 Å². The Kier molecular flexibility index (Phi) is 3.55. The van der Waals surface area contributed by atoms with Gasteiger partial charge in [0.05, 0.1) is 12.1 Å². The third-order valence-corrected chi connectivity index (χ3v) is 3.08. The zero-order valence-electron chi connectivity index (χ0n) is 8.29. The van der Waals surface area contributed by atoms with E-state index in [1.165, 1.54) is 6.42 Å². The summed E-state index contributed by atoms with van der Waals surface area (Å²) >= 11 is 0. The number of nitriles is 2. The Labute approximate surface area is 85.5 Å². The summed E-state index contributed by atoms with van der Waals surface area (Å²) in [6, 6.07) is 4.26. The van der Waals surface area contributed by atoms with Crippen LogP contribution in [-0.2, 0) is 0 Å². The average Bonchev–Trinajstić information content (AvgIpc) is 2.27. The van der Waals surface area contributed by atoms with Crippen LogP contribution in [0, 0.1) is 46.3 Å². The number of rotatable bonds is 2. The molecule has 0 bridgehead atoms. The summed E-state index contributed by atoms with van der Waals surface area (Å²) in [6.07, 6.45) is 10.9. The van der Waals surface area contributed by atoms with Crippen LogP contribution >= 0.6 is 0 Å². The van der Waals surface area contributed by atoms with Gasteiger partial charge in [0.25, 0.3) is 0 Å². The fourth-order valence-corrected chi connectivity index (χ4v) is 2.19. The summed E-state index contributed by atoms with van der Waals surface area (Å²) in [5.41, 5.74) is -0.921. The first kappa shape index (κ1) is 10.6. The molecular formula is C12H14N2. The van der Waals surface area contributed by atoms with E-state index >= 15 is 0 Å². The molecule has 2 heteroatoms. The van der Waals surface area contributed by atoms with Gasteiger partial charge < -0.3 is 0 Å². The van der Waals surface area contributed by atoms with E-state index in [1.807, 2.05) is 0 Å². The summed E-state index contributed by atoms with van der Waals surface area (Å²) < 4.78 is 0. The van der Waals surface area contributed by atoms with Crippen molar-refractivity contribution in [2.45, 2.75) is 38.5 Å². The van der Waals surface area contributed by atoms with Crippen molar-refractivity contribution in [2.24, 2.45) is 11.3 Å². The second-order valence-electron chi connectivity index (χ2n) is 3.91. The third kappa shape index (κ3) is 1.89. The van der Waals surface area contributed by atoms with Gasteiger partial charge in [-0.25, -0.2) is 0 Å². The van der Waals surface area contributed by atoms with Gasteiger partial charge in [-0.15, -0.1) is 12.3 Å². The maximum absolute atomic E-state index is 9.09. The van der Waals surface area contributed by atoms with E-state index in [0.29, 0.717) is 0 Å². The van der Waals surface area contributed by atoms with E-state index in [0.717, 1.165) is 25.7 Å². The molecule has 0 N–H and O–H groups in total. The van der Waals surface area contributed by atoms with Gasteiger partial charge >= 0.3 is 0 Å². The highest BCUT2D eigenvalue weighted by atomic mass is 14.5. The zero-order valence-corrected chi connectivity index (χ0v) is 8.29. The van der Waals surface area contributed by atoms with Crippen molar-refractivity contribution in [1.29, 1.82) is 10.5 Å². The highest BCUT2D eigenvalue weighted by molar-refractivity contribution is 5.20. The number of hydrogen-bond donors (Lipinski definition) is 0. The molecule has 0 saturated heterocycles. The highest BCUT2D eigenvalue weighted by Crippen LogP contribution is 2.40. The van der Waals surface area contributed by atoms with E-state index in [1.54, 1.807) is 0 Å². The second-order valence-corrected chi connectivity index (χ2v) is 3.91. The van der Waals surface area contributed by atoms with Crippen LogP contribution in [0.4, 0.5) is 0 Å². The SMILES string of the molecule is C#CCC(C#N)(C#N)C1CCCCC1. The maximum atomic E-state index is 9.09. The molecule has 0 aromatic heterocycles. The lowest BCUT2D eigenvalue weighted by molar-refractivity contribution is 0.238. The first-order chi connectivity index (χ1) is 6.79. The van der Waals surface area contributed by atoms with Crippen LogP contribution in [0.15, 0.2) is 0 Å². The summed E-state index contributed by atoms with van der Waals surface area (Å²) in [5, 5.41) is 18.2. The minimum atomic E-state index is -0.921. The van der Waals surface area contributed by atoms with Crippen molar-refractivity contribution in [3.05, 3.63) is 0 Å². The van der Waals surface area contributed by atoms with Gasteiger partial charge in [0, 0.05) is 6.42 Å². The molecule has 1 fully saturated rings. The molecule has 0 spiro atoms. The molecular weight excluding hydrogens is 172 g/mol. The molecule has 1 aliphatic carbocycles. The molecule has 1 saturated carbocycles. The topological polar surface area (TPSA) is 47.6 Å². The summed E-state index contributed by atoms with van der Waals surface area (Å²) in [5.74, 6) is 2.65. The Morgan fingerprint density at radius 2 is 1.71 bits per heavy atom. The van der Waals surface area contributed by atoms with E-state index < -0.39 is 5.41 Å². The van der Waals surface area contributed by atoms with E-state index in [2.05, 4.69) is 18.1 Å². The number of hydrogen-bond acceptors (Lipinski definition) is 2. The molecule has 0 radical (unpaired) electrons. The number of nitrogens with zero attached hydrogens (tertiary/aromatic N) is 2. The quantitative estimate of drug-likeness (QED) is 0.622. The normalized spacial score (nSPS) is 17.8. The minimum Gasteiger partial charge on any atom is -0.197 e. The molecule has 0 heterocycles. The maximum Gasteiger partial charge on any atom is 0.157 e. The first-order valence-electron chi connectivity index (χ1n) is 5.05. The summed E-state index contributed by atoms with van der Waals surface area (Å²) in [6.45, 7) is 0. The molecule has 2 nitrogen and oxygen atoms in total. The van der Waals surface area contributed by atoms with Crippen molar-refractivity contribution in [3.8, 4) is 24.5 Å². The van der Waals surface area contributed by atoms with Crippen LogP contribution in [0.5, 0.6) is 0 Å². The monoisotopic (exact) mass is 186 g/mol. The summed E-state index contributed by atoms with van der Waals surface area (Å²) in [7, 11) is 0. The molecule has 14 heavy (non-hydrogen) atoms. The summed E-state index contributed by atoms with van der Waals surface area (Å²) in [4.78, 5) is 0.